The van der Waals surface area contributed by atoms with E-state index in [0.717, 1.165) is 12.8 Å². The van der Waals surface area contributed by atoms with Crippen molar-refractivity contribution < 1.29 is 9.84 Å². The quantitative estimate of drug-likeness (QED) is 0.459. The lowest BCUT2D eigenvalue weighted by Crippen LogP contribution is -2.03. The average molecular weight is 130 g/mol. The Bertz CT molecular complexity index is 79.0. The van der Waals surface area contributed by atoms with E-state index in [1.165, 1.54) is 7.11 Å². The monoisotopic (exact) mass is 130 g/mol. The van der Waals surface area contributed by atoms with Crippen molar-refractivity contribution in [3.05, 3.63) is 12.2 Å². The first-order valence-electron chi connectivity index (χ1n) is 3.18. The van der Waals surface area contributed by atoms with Gasteiger partial charge in [-0.25, -0.2) is 0 Å². The van der Waals surface area contributed by atoms with Crippen molar-refractivity contribution >= 4 is 0 Å². The van der Waals surface area contributed by atoms with Crippen LogP contribution in [0.15, 0.2) is 12.2 Å². The second-order valence-electron chi connectivity index (χ2n) is 1.84. The lowest BCUT2D eigenvalue weighted by molar-refractivity contribution is -0.0358. The van der Waals surface area contributed by atoms with Gasteiger partial charge in [-0.1, -0.05) is 19.4 Å². The summed E-state index contributed by atoms with van der Waals surface area (Å²) in [7, 11) is 1.47. The van der Waals surface area contributed by atoms with Crippen molar-refractivity contribution in [2.45, 2.75) is 26.1 Å². The van der Waals surface area contributed by atoms with E-state index < -0.39 is 6.29 Å². The summed E-state index contributed by atoms with van der Waals surface area (Å²) in [5.74, 6) is 0. The van der Waals surface area contributed by atoms with Gasteiger partial charge in [0.25, 0.3) is 0 Å². The molecule has 0 aliphatic heterocycles. The summed E-state index contributed by atoms with van der Waals surface area (Å²) in [6.07, 6.45) is 4.93. The molecule has 54 valence electrons. The fraction of sp³-hybridized carbons (Fsp3) is 0.714. The van der Waals surface area contributed by atoms with Gasteiger partial charge in [-0.05, 0) is 12.5 Å². The molecule has 2 nitrogen and oxygen atoms in total. The van der Waals surface area contributed by atoms with E-state index in [1.54, 1.807) is 6.08 Å². The maximum atomic E-state index is 8.78. The van der Waals surface area contributed by atoms with Crippen LogP contribution >= 0.6 is 0 Å². The van der Waals surface area contributed by atoms with E-state index in [0.29, 0.717) is 0 Å². The van der Waals surface area contributed by atoms with Crippen molar-refractivity contribution in [3.8, 4) is 0 Å². The predicted molar refractivity (Wildman–Crippen MR) is 37.1 cm³/mol. The average Bonchev–Trinajstić information content (AvgIpc) is 1.89. The zero-order valence-electron chi connectivity index (χ0n) is 6.00. The van der Waals surface area contributed by atoms with Crippen molar-refractivity contribution in [3.63, 3.8) is 0 Å². The molecule has 0 bridgehead atoms. The molecule has 9 heavy (non-hydrogen) atoms. The minimum atomic E-state index is -0.725. The van der Waals surface area contributed by atoms with Gasteiger partial charge < -0.3 is 9.84 Å². The number of unbranched alkanes of at least 4 members (excludes halogenated alkanes) is 1. The van der Waals surface area contributed by atoms with Gasteiger partial charge in [-0.2, -0.15) is 0 Å². The van der Waals surface area contributed by atoms with Gasteiger partial charge >= 0.3 is 0 Å². The third-order valence-electron chi connectivity index (χ3n) is 0.998. The molecule has 0 radical (unpaired) electrons. The largest absolute Gasteiger partial charge is 0.365 e. The van der Waals surface area contributed by atoms with Gasteiger partial charge in [0.15, 0.2) is 6.29 Å². The highest BCUT2D eigenvalue weighted by molar-refractivity contribution is 4.83. The summed E-state index contributed by atoms with van der Waals surface area (Å²) in [6.45, 7) is 2.09. The molecule has 1 N–H and O–H groups in total. The summed E-state index contributed by atoms with van der Waals surface area (Å²) < 4.78 is 4.57. The second kappa shape index (κ2) is 5.79. The number of allylic oxidation sites excluding steroid dienone is 1. The van der Waals surface area contributed by atoms with Crippen LogP contribution in [0.1, 0.15) is 19.8 Å². The van der Waals surface area contributed by atoms with Crippen LogP contribution in [0.5, 0.6) is 0 Å². The summed E-state index contributed by atoms with van der Waals surface area (Å²) in [5.41, 5.74) is 0. The number of aliphatic hydroxyl groups excluding tert-OH is 1. The SMILES string of the molecule is CCC/C=C/C(O)OC. The molecule has 1 unspecified atom stereocenters. The highest BCUT2D eigenvalue weighted by Crippen LogP contribution is 1.91. The Morgan fingerprint density at radius 2 is 2.33 bits per heavy atom. The van der Waals surface area contributed by atoms with Crippen LogP contribution in [0.25, 0.3) is 0 Å². The topological polar surface area (TPSA) is 29.5 Å². The van der Waals surface area contributed by atoms with Crippen LogP contribution in [0.4, 0.5) is 0 Å². The fourth-order valence-corrected chi connectivity index (χ4v) is 0.458. The molecular formula is C7H14O2. The standard InChI is InChI=1S/C7H14O2/c1-3-4-5-6-7(8)9-2/h5-8H,3-4H2,1-2H3/b6-5+. The van der Waals surface area contributed by atoms with Crippen molar-refractivity contribution in [1.82, 2.24) is 0 Å². The summed E-state index contributed by atoms with van der Waals surface area (Å²) in [4.78, 5) is 0. The molecular weight excluding hydrogens is 116 g/mol. The maximum Gasteiger partial charge on any atom is 0.173 e. The third-order valence-corrected chi connectivity index (χ3v) is 0.998. The first-order chi connectivity index (χ1) is 4.31. The Hall–Kier alpha value is -0.340. The number of aliphatic hydroxyl groups is 1. The molecule has 0 aromatic carbocycles. The maximum absolute atomic E-state index is 8.78. The predicted octanol–water partition coefficient (Wildman–Crippen LogP) is 1.31. The number of rotatable bonds is 4. The molecule has 0 aliphatic carbocycles. The minimum Gasteiger partial charge on any atom is -0.365 e. The van der Waals surface area contributed by atoms with Gasteiger partial charge in [0.05, 0.1) is 0 Å². The molecule has 0 fully saturated rings. The molecule has 0 heterocycles. The Morgan fingerprint density at radius 3 is 2.78 bits per heavy atom. The Morgan fingerprint density at radius 1 is 1.67 bits per heavy atom. The summed E-state index contributed by atoms with van der Waals surface area (Å²) in [5, 5.41) is 8.78. The van der Waals surface area contributed by atoms with E-state index in [1.807, 2.05) is 6.08 Å². The number of hydrogen-bond acceptors (Lipinski definition) is 2. The van der Waals surface area contributed by atoms with E-state index in [4.69, 9.17) is 5.11 Å². The first-order valence-corrected chi connectivity index (χ1v) is 3.18. The number of ether oxygens (including phenoxy) is 1. The van der Waals surface area contributed by atoms with Crippen LogP contribution in [-0.2, 0) is 4.74 Å². The molecule has 0 aromatic heterocycles. The van der Waals surface area contributed by atoms with Gasteiger partial charge in [0.1, 0.15) is 0 Å². The zero-order valence-corrected chi connectivity index (χ0v) is 6.00. The molecule has 0 aromatic rings. The van der Waals surface area contributed by atoms with Crippen molar-refractivity contribution in [1.29, 1.82) is 0 Å². The van der Waals surface area contributed by atoms with E-state index in [9.17, 15) is 0 Å². The Kier molecular flexibility index (Phi) is 5.57. The van der Waals surface area contributed by atoms with Gasteiger partial charge in [0.2, 0.25) is 0 Å². The number of hydrogen-bond donors (Lipinski definition) is 1. The molecule has 0 aliphatic rings. The fourth-order valence-electron chi connectivity index (χ4n) is 0.458. The van der Waals surface area contributed by atoms with Gasteiger partial charge in [0, 0.05) is 7.11 Å². The molecule has 2 heteroatoms. The first kappa shape index (κ1) is 8.66. The van der Waals surface area contributed by atoms with Gasteiger partial charge in [-0.3, -0.25) is 0 Å². The number of methoxy groups -OCH3 is 1. The van der Waals surface area contributed by atoms with Crippen LogP contribution in [0.2, 0.25) is 0 Å². The highest BCUT2D eigenvalue weighted by atomic mass is 16.6. The van der Waals surface area contributed by atoms with Gasteiger partial charge in [-0.15, -0.1) is 0 Å². The summed E-state index contributed by atoms with van der Waals surface area (Å²) in [6, 6.07) is 0. The zero-order chi connectivity index (χ0) is 7.11. The van der Waals surface area contributed by atoms with E-state index >= 15 is 0 Å². The van der Waals surface area contributed by atoms with Crippen LogP contribution in [0.3, 0.4) is 0 Å². The molecule has 1 atom stereocenters. The smallest absolute Gasteiger partial charge is 0.173 e. The Balaban J connectivity index is 3.20. The van der Waals surface area contributed by atoms with E-state index in [2.05, 4.69) is 11.7 Å². The Labute approximate surface area is 56.1 Å². The third kappa shape index (κ3) is 5.53. The van der Waals surface area contributed by atoms with E-state index in [-0.39, 0.29) is 0 Å². The van der Waals surface area contributed by atoms with Crippen LogP contribution < -0.4 is 0 Å². The highest BCUT2D eigenvalue weighted by Gasteiger charge is 1.89. The minimum absolute atomic E-state index is 0.725. The molecule has 0 saturated heterocycles. The second-order valence-corrected chi connectivity index (χ2v) is 1.84. The van der Waals surface area contributed by atoms with Crippen LogP contribution in [0, 0.1) is 0 Å². The normalized spacial score (nSPS) is 14.6. The van der Waals surface area contributed by atoms with Crippen molar-refractivity contribution in [2.24, 2.45) is 0 Å². The lowest BCUT2D eigenvalue weighted by atomic mass is 10.3. The van der Waals surface area contributed by atoms with Crippen LogP contribution in [-0.4, -0.2) is 18.5 Å². The molecule has 0 saturated carbocycles. The molecule has 0 spiro atoms. The lowest BCUT2D eigenvalue weighted by Gasteiger charge is -1.99. The van der Waals surface area contributed by atoms with Crippen molar-refractivity contribution in [2.75, 3.05) is 7.11 Å². The summed E-state index contributed by atoms with van der Waals surface area (Å²) >= 11 is 0. The molecule has 0 rings (SSSR count). The molecule has 0 amide bonds.